The predicted molar refractivity (Wildman–Crippen MR) is 98.4 cm³/mol. The van der Waals surface area contributed by atoms with Crippen LogP contribution in [0.1, 0.15) is 30.4 Å². The molecule has 1 unspecified atom stereocenters. The highest BCUT2D eigenvalue weighted by Gasteiger charge is 2.26. The molecular formula is C18H24ClN5. The SMILES string of the molecule is CCNC(=NCc1ccc(Cl)cc1)N1CCC(c2cnn(C)c2)C1. The zero-order chi connectivity index (χ0) is 16.9. The van der Waals surface area contributed by atoms with Crippen LogP contribution in [0.5, 0.6) is 0 Å². The Morgan fingerprint density at radius 3 is 2.83 bits per heavy atom. The zero-order valence-corrected chi connectivity index (χ0v) is 15.0. The van der Waals surface area contributed by atoms with Gasteiger partial charge in [-0.1, -0.05) is 23.7 Å². The molecule has 2 aromatic rings. The number of aryl methyl sites for hydroxylation is 1. The van der Waals surface area contributed by atoms with Crippen LogP contribution >= 0.6 is 11.6 Å². The van der Waals surface area contributed by atoms with Crippen LogP contribution in [0, 0.1) is 0 Å². The number of guanidine groups is 1. The average Bonchev–Trinajstić information content (AvgIpc) is 3.22. The third kappa shape index (κ3) is 4.09. The minimum Gasteiger partial charge on any atom is -0.357 e. The van der Waals surface area contributed by atoms with Gasteiger partial charge in [0.1, 0.15) is 0 Å². The molecule has 1 saturated heterocycles. The lowest BCUT2D eigenvalue weighted by atomic mass is 10.0. The van der Waals surface area contributed by atoms with Gasteiger partial charge in [0.15, 0.2) is 5.96 Å². The molecule has 0 aliphatic carbocycles. The van der Waals surface area contributed by atoms with E-state index in [0.29, 0.717) is 12.5 Å². The molecule has 1 aliphatic heterocycles. The Balaban J connectivity index is 1.66. The van der Waals surface area contributed by atoms with E-state index in [1.807, 2.05) is 42.2 Å². The van der Waals surface area contributed by atoms with Gasteiger partial charge in [-0.2, -0.15) is 5.10 Å². The van der Waals surface area contributed by atoms with Gasteiger partial charge in [-0.3, -0.25) is 4.68 Å². The van der Waals surface area contributed by atoms with Gasteiger partial charge in [0, 0.05) is 43.8 Å². The van der Waals surface area contributed by atoms with Gasteiger partial charge in [0.05, 0.1) is 12.7 Å². The van der Waals surface area contributed by atoms with Gasteiger partial charge in [0.2, 0.25) is 0 Å². The summed E-state index contributed by atoms with van der Waals surface area (Å²) in [6.07, 6.45) is 5.23. The van der Waals surface area contributed by atoms with E-state index >= 15 is 0 Å². The molecule has 0 bridgehead atoms. The van der Waals surface area contributed by atoms with Crippen molar-refractivity contribution in [3.63, 3.8) is 0 Å². The first-order valence-electron chi connectivity index (χ1n) is 8.42. The largest absolute Gasteiger partial charge is 0.357 e. The van der Waals surface area contributed by atoms with E-state index < -0.39 is 0 Å². The summed E-state index contributed by atoms with van der Waals surface area (Å²) in [6, 6.07) is 7.87. The summed E-state index contributed by atoms with van der Waals surface area (Å²) in [5.41, 5.74) is 2.48. The number of halogens is 1. The Kier molecular flexibility index (Phi) is 5.41. The van der Waals surface area contributed by atoms with Crippen molar-refractivity contribution < 1.29 is 0 Å². The van der Waals surface area contributed by atoms with Crippen molar-refractivity contribution in [3.05, 3.63) is 52.8 Å². The molecule has 3 rings (SSSR count). The highest BCUT2D eigenvalue weighted by molar-refractivity contribution is 6.30. The van der Waals surface area contributed by atoms with Crippen molar-refractivity contribution in [1.29, 1.82) is 0 Å². The molecular weight excluding hydrogens is 322 g/mol. The van der Waals surface area contributed by atoms with Crippen LogP contribution in [-0.4, -0.2) is 40.3 Å². The van der Waals surface area contributed by atoms with Gasteiger partial charge in [-0.15, -0.1) is 0 Å². The second-order valence-electron chi connectivity index (χ2n) is 6.18. The topological polar surface area (TPSA) is 45.5 Å². The highest BCUT2D eigenvalue weighted by Crippen LogP contribution is 2.26. The van der Waals surface area contributed by atoms with E-state index in [0.717, 1.165) is 42.6 Å². The molecule has 0 amide bonds. The first kappa shape index (κ1) is 16.8. The minimum absolute atomic E-state index is 0.526. The number of rotatable bonds is 4. The lowest BCUT2D eigenvalue weighted by Gasteiger charge is -2.21. The summed E-state index contributed by atoms with van der Waals surface area (Å²) in [6.45, 7) is 5.64. The smallest absolute Gasteiger partial charge is 0.194 e. The van der Waals surface area contributed by atoms with Crippen molar-refractivity contribution in [3.8, 4) is 0 Å². The molecule has 1 atom stereocenters. The fourth-order valence-corrected chi connectivity index (χ4v) is 3.18. The first-order valence-corrected chi connectivity index (χ1v) is 8.79. The molecule has 1 aromatic heterocycles. The van der Waals surface area contributed by atoms with Crippen LogP contribution < -0.4 is 5.32 Å². The lowest BCUT2D eigenvalue weighted by Crippen LogP contribution is -2.40. The molecule has 128 valence electrons. The van der Waals surface area contributed by atoms with E-state index in [9.17, 15) is 0 Å². The molecule has 6 heteroatoms. The van der Waals surface area contributed by atoms with Crippen LogP contribution in [0.4, 0.5) is 0 Å². The molecule has 1 aromatic carbocycles. The van der Waals surface area contributed by atoms with Crippen molar-refractivity contribution in [2.75, 3.05) is 19.6 Å². The number of nitrogens with one attached hydrogen (secondary N) is 1. The number of aliphatic imine (C=N–C) groups is 1. The summed E-state index contributed by atoms with van der Waals surface area (Å²) < 4.78 is 1.87. The molecule has 1 N–H and O–H groups in total. The molecule has 0 spiro atoms. The monoisotopic (exact) mass is 345 g/mol. The van der Waals surface area contributed by atoms with E-state index in [4.69, 9.17) is 16.6 Å². The number of nitrogens with zero attached hydrogens (tertiary/aromatic N) is 4. The number of benzene rings is 1. The van der Waals surface area contributed by atoms with E-state index in [1.54, 1.807) is 0 Å². The number of aromatic nitrogens is 2. The standard InChI is InChI=1S/C18H24ClN5/c1-3-20-18(21-10-14-4-6-17(19)7-5-14)24-9-8-15(13-24)16-11-22-23(2)12-16/h4-7,11-12,15H,3,8-10,13H2,1-2H3,(H,20,21). The van der Waals surface area contributed by atoms with E-state index in [1.165, 1.54) is 5.56 Å². The van der Waals surface area contributed by atoms with Crippen molar-refractivity contribution in [1.82, 2.24) is 20.0 Å². The summed E-state index contributed by atoms with van der Waals surface area (Å²) in [7, 11) is 1.97. The van der Waals surface area contributed by atoms with Crippen LogP contribution in [0.15, 0.2) is 41.7 Å². The Hall–Kier alpha value is -2.01. The number of likely N-dealkylation sites (tertiary alicyclic amines) is 1. The van der Waals surface area contributed by atoms with Gasteiger partial charge in [0.25, 0.3) is 0 Å². The molecule has 0 saturated carbocycles. The third-order valence-corrected chi connectivity index (χ3v) is 4.60. The molecule has 0 radical (unpaired) electrons. The average molecular weight is 346 g/mol. The van der Waals surface area contributed by atoms with Crippen molar-refractivity contribution in [2.24, 2.45) is 12.0 Å². The summed E-state index contributed by atoms with van der Waals surface area (Å²) in [4.78, 5) is 7.14. The fourth-order valence-electron chi connectivity index (χ4n) is 3.06. The predicted octanol–water partition coefficient (Wildman–Crippen LogP) is 3.03. The van der Waals surface area contributed by atoms with Crippen molar-refractivity contribution >= 4 is 17.6 Å². The van der Waals surface area contributed by atoms with Crippen LogP contribution in [0.3, 0.4) is 0 Å². The maximum absolute atomic E-state index is 5.94. The Morgan fingerprint density at radius 2 is 2.17 bits per heavy atom. The summed E-state index contributed by atoms with van der Waals surface area (Å²) in [5, 5.41) is 8.46. The van der Waals surface area contributed by atoms with E-state index in [2.05, 4.69) is 28.4 Å². The zero-order valence-electron chi connectivity index (χ0n) is 14.2. The quantitative estimate of drug-likeness (QED) is 0.684. The van der Waals surface area contributed by atoms with Gasteiger partial charge < -0.3 is 10.2 Å². The summed E-state index contributed by atoms with van der Waals surface area (Å²) >= 11 is 5.94. The maximum atomic E-state index is 5.94. The Morgan fingerprint density at radius 1 is 1.38 bits per heavy atom. The molecule has 1 aliphatic rings. The van der Waals surface area contributed by atoms with Gasteiger partial charge in [-0.25, -0.2) is 4.99 Å². The molecule has 2 heterocycles. The normalized spacial score (nSPS) is 18.2. The molecule has 1 fully saturated rings. The summed E-state index contributed by atoms with van der Waals surface area (Å²) in [5.74, 6) is 1.51. The van der Waals surface area contributed by atoms with E-state index in [-0.39, 0.29) is 0 Å². The second kappa shape index (κ2) is 7.71. The van der Waals surface area contributed by atoms with Crippen LogP contribution in [0.2, 0.25) is 5.02 Å². The number of hydrogen-bond donors (Lipinski definition) is 1. The Bertz CT molecular complexity index is 692. The molecule has 24 heavy (non-hydrogen) atoms. The Labute approximate surface area is 148 Å². The van der Waals surface area contributed by atoms with Gasteiger partial charge >= 0.3 is 0 Å². The highest BCUT2D eigenvalue weighted by atomic mass is 35.5. The minimum atomic E-state index is 0.526. The molecule has 5 nitrogen and oxygen atoms in total. The van der Waals surface area contributed by atoms with Crippen LogP contribution in [0.25, 0.3) is 0 Å². The second-order valence-corrected chi connectivity index (χ2v) is 6.61. The third-order valence-electron chi connectivity index (χ3n) is 4.34. The number of hydrogen-bond acceptors (Lipinski definition) is 2. The first-order chi connectivity index (χ1) is 11.7. The fraction of sp³-hybridized carbons (Fsp3) is 0.444. The van der Waals surface area contributed by atoms with Gasteiger partial charge in [-0.05, 0) is 36.6 Å². The van der Waals surface area contributed by atoms with Crippen LogP contribution in [-0.2, 0) is 13.6 Å². The lowest BCUT2D eigenvalue weighted by molar-refractivity contribution is 0.486. The van der Waals surface area contributed by atoms with Crippen molar-refractivity contribution in [2.45, 2.75) is 25.8 Å². The maximum Gasteiger partial charge on any atom is 0.194 e.